The second-order valence-electron chi connectivity index (χ2n) is 2.78. The maximum absolute atomic E-state index is 5.27. The van der Waals surface area contributed by atoms with Gasteiger partial charge in [0.05, 0.1) is 12.3 Å². The number of methoxy groups -OCH3 is 1. The van der Waals surface area contributed by atoms with Crippen molar-refractivity contribution in [2.24, 2.45) is 11.8 Å². The van der Waals surface area contributed by atoms with Gasteiger partial charge in [-0.2, -0.15) is 0 Å². The zero-order valence-corrected chi connectivity index (χ0v) is 8.50. The Morgan fingerprint density at radius 2 is 2.38 bits per heavy atom. The second kappa shape index (κ2) is 7.62. The Hall–Kier alpha value is -1.02. The molecule has 0 saturated carbocycles. The quantitative estimate of drug-likeness (QED) is 0.292. The van der Waals surface area contributed by atoms with Crippen LogP contribution in [0.15, 0.2) is 29.7 Å². The Bertz CT molecular complexity index is 215. The molecule has 0 heterocycles. The molecule has 0 rings (SSSR count). The van der Waals surface area contributed by atoms with Crippen LogP contribution in [-0.2, 0) is 4.74 Å². The predicted octanol–water partition coefficient (Wildman–Crippen LogP) is 1.35. The third kappa shape index (κ3) is 6.17. The smallest absolute Gasteiger partial charge is 0.0907 e. The zero-order chi connectivity index (χ0) is 10.1. The lowest BCUT2D eigenvalue weighted by Crippen LogP contribution is -2.19. The summed E-state index contributed by atoms with van der Waals surface area (Å²) < 4.78 is 4.99. The molecule has 0 spiro atoms. The monoisotopic (exact) mass is 182 g/mol. The van der Waals surface area contributed by atoms with Crippen molar-refractivity contribution in [3.8, 4) is 0 Å². The van der Waals surface area contributed by atoms with Gasteiger partial charge in [0.15, 0.2) is 0 Å². The van der Waals surface area contributed by atoms with Crippen molar-refractivity contribution < 1.29 is 4.74 Å². The van der Waals surface area contributed by atoms with Crippen molar-refractivity contribution in [2.75, 3.05) is 13.7 Å². The lowest BCUT2D eigenvalue weighted by molar-refractivity contribution is 0.176. The van der Waals surface area contributed by atoms with Crippen LogP contribution in [0, 0.1) is 5.92 Å². The third-order valence-electron chi connectivity index (χ3n) is 1.48. The van der Waals surface area contributed by atoms with Gasteiger partial charge in [-0.1, -0.05) is 18.7 Å². The molecule has 0 aliphatic carbocycles. The Morgan fingerprint density at radius 3 is 2.85 bits per heavy atom. The molecule has 0 aliphatic heterocycles. The van der Waals surface area contributed by atoms with Crippen molar-refractivity contribution in [3.05, 3.63) is 29.7 Å². The third-order valence-corrected chi connectivity index (χ3v) is 1.48. The summed E-state index contributed by atoms with van der Waals surface area (Å²) in [6.45, 7) is 4.68. The first-order valence-electron chi connectivity index (χ1n) is 4.29. The minimum absolute atomic E-state index is 0.381. The first kappa shape index (κ1) is 12.0. The fourth-order valence-electron chi connectivity index (χ4n) is 0.872. The van der Waals surface area contributed by atoms with Gasteiger partial charge in [0.25, 0.3) is 0 Å². The zero-order valence-electron chi connectivity index (χ0n) is 8.50. The van der Waals surface area contributed by atoms with Crippen LogP contribution in [0.3, 0.4) is 0 Å². The molecule has 0 aromatic rings. The first-order chi connectivity index (χ1) is 6.24. The van der Waals surface area contributed by atoms with Gasteiger partial charge in [-0.05, 0) is 25.0 Å². The summed E-state index contributed by atoms with van der Waals surface area (Å²) in [4.78, 5) is 0. The van der Waals surface area contributed by atoms with Crippen LogP contribution in [0.1, 0.15) is 13.8 Å². The van der Waals surface area contributed by atoms with Crippen LogP contribution >= 0.6 is 0 Å². The molecule has 3 nitrogen and oxygen atoms in total. The van der Waals surface area contributed by atoms with Gasteiger partial charge in [-0.25, -0.2) is 5.84 Å². The minimum Gasteiger partial charge on any atom is -0.384 e. The molecule has 1 unspecified atom stereocenters. The summed E-state index contributed by atoms with van der Waals surface area (Å²) in [6, 6.07) is 0. The molecule has 0 bridgehead atoms. The Morgan fingerprint density at radius 1 is 1.69 bits per heavy atom. The van der Waals surface area contributed by atoms with Crippen LogP contribution in [-0.4, -0.2) is 13.7 Å². The number of hydrazine groups is 1. The van der Waals surface area contributed by atoms with Gasteiger partial charge >= 0.3 is 0 Å². The van der Waals surface area contributed by atoms with Gasteiger partial charge in [-0.15, -0.1) is 0 Å². The molecular formula is C10H18N2O. The molecule has 0 aliphatic rings. The average Bonchev–Trinajstić information content (AvgIpc) is 2.12. The second-order valence-corrected chi connectivity index (χ2v) is 2.78. The lowest BCUT2D eigenvalue weighted by Gasteiger charge is -2.03. The number of nitrogens with two attached hydrogens (primary N) is 1. The molecule has 3 N–H and O–H groups in total. The Balaban J connectivity index is 4.15. The van der Waals surface area contributed by atoms with E-state index in [9.17, 15) is 0 Å². The number of nitrogens with one attached hydrogen (secondary N) is 1. The van der Waals surface area contributed by atoms with Crippen LogP contribution in [0.25, 0.3) is 0 Å². The molecule has 3 heteroatoms. The Labute approximate surface area is 79.9 Å². The van der Waals surface area contributed by atoms with E-state index in [1.54, 1.807) is 13.2 Å². The number of allylic oxidation sites excluding steroid dienone is 1. The van der Waals surface area contributed by atoms with Crippen LogP contribution in [0.5, 0.6) is 0 Å². The van der Waals surface area contributed by atoms with E-state index in [2.05, 4.69) is 18.1 Å². The highest BCUT2D eigenvalue weighted by atomic mass is 16.5. The molecule has 1 atom stereocenters. The molecule has 0 aromatic heterocycles. The summed E-state index contributed by atoms with van der Waals surface area (Å²) in [7, 11) is 1.69. The fraction of sp³-hybridized carbons (Fsp3) is 0.500. The summed E-state index contributed by atoms with van der Waals surface area (Å²) in [5, 5.41) is 0. The summed E-state index contributed by atoms with van der Waals surface area (Å²) in [5.41, 5.74) is 6.27. The van der Waals surface area contributed by atoms with Crippen molar-refractivity contribution in [1.82, 2.24) is 5.43 Å². The number of hydrogen-bond donors (Lipinski definition) is 2. The van der Waals surface area contributed by atoms with E-state index in [0.717, 1.165) is 5.70 Å². The van der Waals surface area contributed by atoms with E-state index in [-0.39, 0.29) is 0 Å². The van der Waals surface area contributed by atoms with E-state index in [0.29, 0.717) is 12.5 Å². The molecule has 0 saturated heterocycles. The van der Waals surface area contributed by atoms with Gasteiger partial charge in [0.2, 0.25) is 0 Å². The SMILES string of the molecule is CC=C=C(/C=C\C(C)COC)NN. The number of ether oxygens (including phenoxy) is 1. The highest BCUT2D eigenvalue weighted by Gasteiger charge is 1.94. The van der Waals surface area contributed by atoms with Gasteiger partial charge in [0, 0.05) is 7.11 Å². The van der Waals surface area contributed by atoms with E-state index in [1.165, 1.54) is 0 Å². The van der Waals surface area contributed by atoms with E-state index >= 15 is 0 Å². The highest BCUT2D eigenvalue weighted by molar-refractivity contribution is 5.15. The molecule has 0 aromatic carbocycles. The molecule has 0 amide bonds. The van der Waals surface area contributed by atoms with Gasteiger partial charge < -0.3 is 10.2 Å². The normalized spacial score (nSPS) is 12.3. The van der Waals surface area contributed by atoms with Crippen molar-refractivity contribution >= 4 is 0 Å². The van der Waals surface area contributed by atoms with Crippen LogP contribution in [0.2, 0.25) is 0 Å². The lowest BCUT2D eigenvalue weighted by atomic mass is 10.2. The first-order valence-corrected chi connectivity index (χ1v) is 4.29. The summed E-state index contributed by atoms with van der Waals surface area (Å²) >= 11 is 0. The van der Waals surface area contributed by atoms with E-state index in [4.69, 9.17) is 10.6 Å². The summed E-state index contributed by atoms with van der Waals surface area (Å²) in [6.07, 6.45) is 5.72. The maximum Gasteiger partial charge on any atom is 0.0907 e. The molecule has 13 heavy (non-hydrogen) atoms. The molecular weight excluding hydrogens is 164 g/mol. The van der Waals surface area contributed by atoms with Crippen molar-refractivity contribution in [3.63, 3.8) is 0 Å². The van der Waals surface area contributed by atoms with E-state index in [1.807, 2.05) is 19.1 Å². The molecule has 0 radical (unpaired) electrons. The minimum atomic E-state index is 0.381. The van der Waals surface area contributed by atoms with Gasteiger partial charge in [-0.3, -0.25) is 0 Å². The predicted molar refractivity (Wildman–Crippen MR) is 54.8 cm³/mol. The highest BCUT2D eigenvalue weighted by Crippen LogP contribution is 1.99. The van der Waals surface area contributed by atoms with Gasteiger partial charge in [0.1, 0.15) is 0 Å². The summed E-state index contributed by atoms with van der Waals surface area (Å²) in [5.74, 6) is 5.65. The number of hydrogen-bond acceptors (Lipinski definition) is 3. The Kier molecular flexibility index (Phi) is 7.02. The molecule has 0 fully saturated rings. The topological polar surface area (TPSA) is 47.3 Å². The maximum atomic E-state index is 5.27. The van der Waals surface area contributed by atoms with Crippen LogP contribution in [0.4, 0.5) is 0 Å². The average molecular weight is 182 g/mol. The van der Waals surface area contributed by atoms with E-state index < -0.39 is 0 Å². The van der Waals surface area contributed by atoms with Crippen molar-refractivity contribution in [1.29, 1.82) is 0 Å². The largest absolute Gasteiger partial charge is 0.384 e. The standard InChI is InChI=1S/C10H18N2O/c1-4-5-10(12-11)7-6-9(2)8-13-3/h4,6-7,9,12H,8,11H2,1-3H3/b7-6-. The van der Waals surface area contributed by atoms with Crippen molar-refractivity contribution in [2.45, 2.75) is 13.8 Å². The number of rotatable bonds is 5. The van der Waals surface area contributed by atoms with Crippen LogP contribution < -0.4 is 11.3 Å². The molecule has 74 valence electrons. The fourth-order valence-corrected chi connectivity index (χ4v) is 0.872.